The van der Waals surface area contributed by atoms with E-state index >= 15 is 0 Å². The number of fused-ring (bicyclic) bond motifs is 1. The Morgan fingerprint density at radius 2 is 1.95 bits per heavy atom. The molecule has 2 N–H and O–H groups in total. The number of hydrogen-bond acceptors (Lipinski definition) is 4. The third kappa shape index (κ3) is 3.72. The summed E-state index contributed by atoms with van der Waals surface area (Å²) in [4.78, 5) is 20.4. The average Bonchev–Trinajstić information content (AvgIpc) is 2.46. The van der Waals surface area contributed by atoms with Crippen LogP contribution in [-0.4, -0.2) is 35.5 Å². The summed E-state index contributed by atoms with van der Waals surface area (Å²) in [7, 11) is 0. The summed E-state index contributed by atoms with van der Waals surface area (Å²) in [5.74, 6) is -0.184. The van der Waals surface area contributed by atoms with Crippen LogP contribution in [0.5, 0.6) is 0 Å². The number of benzene rings is 1. The fourth-order valence-corrected chi connectivity index (χ4v) is 1.72. The Labute approximate surface area is 112 Å². The van der Waals surface area contributed by atoms with E-state index in [1.807, 2.05) is 24.3 Å². The highest BCUT2D eigenvalue weighted by Crippen LogP contribution is 2.08. The third-order valence-electron chi connectivity index (χ3n) is 2.70. The lowest BCUT2D eigenvalue weighted by Gasteiger charge is -2.06. The number of carbonyl (C=O) groups excluding carboxylic acids is 1. The summed E-state index contributed by atoms with van der Waals surface area (Å²) in [5.41, 5.74) is 1.89. The molecular weight excluding hydrogens is 240 g/mol. The molecule has 0 radical (unpaired) electrons. The summed E-state index contributed by atoms with van der Waals surface area (Å²) in [6, 6.07) is 7.50. The van der Waals surface area contributed by atoms with Crippen molar-refractivity contribution in [3.05, 3.63) is 36.2 Å². The molecule has 0 aliphatic carbocycles. The number of rotatable bonds is 6. The number of carbonyl (C=O) groups is 1. The highest BCUT2D eigenvalue weighted by molar-refractivity contribution is 5.93. The van der Waals surface area contributed by atoms with Crippen molar-refractivity contribution < 1.29 is 4.79 Å². The van der Waals surface area contributed by atoms with Gasteiger partial charge in [0.05, 0.1) is 17.2 Å². The summed E-state index contributed by atoms with van der Waals surface area (Å²) >= 11 is 0. The highest BCUT2D eigenvalue weighted by Gasteiger charge is 2.07. The molecule has 0 fully saturated rings. The molecule has 0 unspecified atom stereocenters. The van der Waals surface area contributed by atoms with Gasteiger partial charge in [0.25, 0.3) is 5.91 Å². The van der Waals surface area contributed by atoms with Crippen LogP contribution >= 0.6 is 0 Å². The van der Waals surface area contributed by atoms with E-state index in [4.69, 9.17) is 0 Å². The van der Waals surface area contributed by atoms with Gasteiger partial charge in [-0.25, -0.2) is 4.98 Å². The molecule has 0 aliphatic rings. The van der Waals surface area contributed by atoms with Crippen LogP contribution in [0.25, 0.3) is 11.0 Å². The zero-order valence-electron chi connectivity index (χ0n) is 11.0. The molecule has 2 rings (SSSR count). The van der Waals surface area contributed by atoms with E-state index in [0.717, 1.165) is 30.5 Å². The molecule has 5 nitrogen and oxygen atoms in total. The van der Waals surface area contributed by atoms with Gasteiger partial charge < -0.3 is 10.6 Å². The number of amides is 1. The average molecular weight is 258 g/mol. The molecule has 19 heavy (non-hydrogen) atoms. The van der Waals surface area contributed by atoms with Gasteiger partial charge in [0.2, 0.25) is 0 Å². The van der Waals surface area contributed by atoms with Crippen LogP contribution in [-0.2, 0) is 0 Å². The summed E-state index contributed by atoms with van der Waals surface area (Å²) in [6.45, 7) is 4.43. The molecule has 1 amide bonds. The van der Waals surface area contributed by atoms with E-state index in [9.17, 15) is 4.79 Å². The zero-order chi connectivity index (χ0) is 13.5. The second-order valence-electron chi connectivity index (χ2n) is 4.25. The maximum absolute atomic E-state index is 11.9. The van der Waals surface area contributed by atoms with Crippen molar-refractivity contribution in [3.8, 4) is 0 Å². The normalized spacial score (nSPS) is 10.6. The Hall–Kier alpha value is -2.01. The standard InChI is InChI=1S/C14H18N4O/c1-2-7-15-8-9-16-14(19)13-10-17-11-5-3-4-6-12(11)18-13/h3-6,10,15H,2,7-9H2,1H3,(H,16,19). The lowest BCUT2D eigenvalue weighted by Crippen LogP contribution is -2.32. The maximum Gasteiger partial charge on any atom is 0.271 e. The molecule has 0 aliphatic heterocycles. The minimum absolute atomic E-state index is 0.184. The van der Waals surface area contributed by atoms with E-state index in [2.05, 4.69) is 27.5 Å². The van der Waals surface area contributed by atoms with Crippen molar-refractivity contribution in [1.29, 1.82) is 0 Å². The first kappa shape index (κ1) is 13.4. The van der Waals surface area contributed by atoms with Crippen molar-refractivity contribution in [2.24, 2.45) is 0 Å². The van der Waals surface area contributed by atoms with Gasteiger partial charge in [-0.2, -0.15) is 0 Å². The van der Waals surface area contributed by atoms with Crippen molar-refractivity contribution in [1.82, 2.24) is 20.6 Å². The van der Waals surface area contributed by atoms with E-state index in [1.54, 1.807) is 0 Å². The van der Waals surface area contributed by atoms with E-state index in [1.165, 1.54) is 6.20 Å². The van der Waals surface area contributed by atoms with Gasteiger partial charge in [-0.05, 0) is 25.1 Å². The molecule has 0 saturated heterocycles. The van der Waals surface area contributed by atoms with E-state index < -0.39 is 0 Å². The van der Waals surface area contributed by atoms with Crippen LogP contribution in [0.1, 0.15) is 23.8 Å². The molecule has 5 heteroatoms. The lowest BCUT2D eigenvalue weighted by molar-refractivity contribution is 0.0949. The Bertz CT molecular complexity index is 556. The minimum Gasteiger partial charge on any atom is -0.349 e. The van der Waals surface area contributed by atoms with Crippen molar-refractivity contribution in [2.45, 2.75) is 13.3 Å². The SMILES string of the molecule is CCCNCCNC(=O)c1cnc2ccccc2n1. The monoisotopic (exact) mass is 258 g/mol. The molecule has 2 aromatic rings. The molecule has 1 aromatic heterocycles. The van der Waals surface area contributed by atoms with Crippen LogP contribution in [0.4, 0.5) is 0 Å². The fraction of sp³-hybridized carbons (Fsp3) is 0.357. The van der Waals surface area contributed by atoms with E-state index in [-0.39, 0.29) is 5.91 Å². The van der Waals surface area contributed by atoms with E-state index in [0.29, 0.717) is 12.2 Å². The molecule has 0 spiro atoms. The van der Waals surface area contributed by atoms with Gasteiger partial charge >= 0.3 is 0 Å². The van der Waals surface area contributed by atoms with Crippen LogP contribution < -0.4 is 10.6 Å². The zero-order valence-corrected chi connectivity index (χ0v) is 11.0. The predicted octanol–water partition coefficient (Wildman–Crippen LogP) is 1.36. The second kappa shape index (κ2) is 6.80. The second-order valence-corrected chi connectivity index (χ2v) is 4.25. The number of hydrogen-bond donors (Lipinski definition) is 2. The van der Waals surface area contributed by atoms with Crippen LogP contribution in [0.15, 0.2) is 30.5 Å². The number of aromatic nitrogens is 2. The first-order valence-electron chi connectivity index (χ1n) is 6.52. The third-order valence-corrected chi connectivity index (χ3v) is 2.70. The van der Waals surface area contributed by atoms with Gasteiger partial charge in [-0.15, -0.1) is 0 Å². The summed E-state index contributed by atoms with van der Waals surface area (Å²) in [6.07, 6.45) is 2.60. The lowest BCUT2D eigenvalue weighted by atomic mass is 10.3. The number of nitrogens with one attached hydrogen (secondary N) is 2. The van der Waals surface area contributed by atoms with Gasteiger partial charge in [0.15, 0.2) is 0 Å². The van der Waals surface area contributed by atoms with Gasteiger partial charge in [0.1, 0.15) is 5.69 Å². The molecule has 0 atom stereocenters. The quantitative estimate of drug-likeness (QED) is 0.768. The van der Waals surface area contributed by atoms with Crippen molar-refractivity contribution >= 4 is 16.9 Å². The first-order chi connectivity index (χ1) is 9.31. The fourth-order valence-electron chi connectivity index (χ4n) is 1.72. The van der Waals surface area contributed by atoms with Gasteiger partial charge in [-0.1, -0.05) is 19.1 Å². The molecule has 0 saturated carbocycles. The molecule has 0 bridgehead atoms. The maximum atomic E-state index is 11.9. The van der Waals surface area contributed by atoms with Gasteiger partial charge in [-0.3, -0.25) is 9.78 Å². The van der Waals surface area contributed by atoms with Crippen molar-refractivity contribution in [2.75, 3.05) is 19.6 Å². The first-order valence-corrected chi connectivity index (χ1v) is 6.52. The Morgan fingerprint density at radius 1 is 1.16 bits per heavy atom. The highest BCUT2D eigenvalue weighted by atomic mass is 16.1. The largest absolute Gasteiger partial charge is 0.349 e. The van der Waals surface area contributed by atoms with Crippen LogP contribution in [0.3, 0.4) is 0 Å². The number of para-hydroxylation sites is 2. The Kier molecular flexibility index (Phi) is 4.80. The van der Waals surface area contributed by atoms with Crippen LogP contribution in [0.2, 0.25) is 0 Å². The smallest absolute Gasteiger partial charge is 0.271 e. The van der Waals surface area contributed by atoms with Crippen LogP contribution in [0, 0.1) is 0 Å². The molecule has 1 aromatic carbocycles. The number of nitrogens with zero attached hydrogens (tertiary/aromatic N) is 2. The summed E-state index contributed by atoms with van der Waals surface area (Å²) in [5, 5.41) is 6.04. The molecule has 1 heterocycles. The Morgan fingerprint density at radius 3 is 2.74 bits per heavy atom. The minimum atomic E-state index is -0.184. The molecule has 100 valence electrons. The topological polar surface area (TPSA) is 66.9 Å². The molecular formula is C14H18N4O. The predicted molar refractivity (Wildman–Crippen MR) is 75.0 cm³/mol. The van der Waals surface area contributed by atoms with Gasteiger partial charge in [0, 0.05) is 13.1 Å². The Balaban J connectivity index is 1.93. The summed E-state index contributed by atoms with van der Waals surface area (Å²) < 4.78 is 0. The van der Waals surface area contributed by atoms with Crippen molar-refractivity contribution in [3.63, 3.8) is 0 Å².